The van der Waals surface area contributed by atoms with Gasteiger partial charge in [0.2, 0.25) is 11.7 Å². The summed E-state index contributed by atoms with van der Waals surface area (Å²) in [6.45, 7) is 2.04. The highest BCUT2D eigenvalue weighted by Crippen LogP contribution is 2.33. The normalized spacial score (nSPS) is 15.0. The molecule has 1 fully saturated rings. The molecule has 1 aliphatic carbocycles. The van der Waals surface area contributed by atoms with Crippen molar-refractivity contribution in [3.05, 3.63) is 59.5 Å². The van der Waals surface area contributed by atoms with E-state index >= 15 is 0 Å². The molecule has 0 aliphatic heterocycles. The number of aromatic carboxylic acids is 1. The summed E-state index contributed by atoms with van der Waals surface area (Å²) in [5, 5.41) is 13.3. The monoisotopic (exact) mass is 362 g/mol. The Morgan fingerprint density at radius 3 is 2.44 bits per heavy atom. The van der Waals surface area contributed by atoms with Crippen molar-refractivity contribution in [2.24, 2.45) is 0 Å². The highest BCUT2D eigenvalue weighted by atomic mass is 16.5. The summed E-state index contributed by atoms with van der Waals surface area (Å²) in [7, 11) is 0. The molecule has 0 spiro atoms. The summed E-state index contributed by atoms with van der Waals surface area (Å²) in [6, 6.07) is 13.0. The molecule has 1 aromatic heterocycles. The van der Waals surface area contributed by atoms with Gasteiger partial charge in [-0.05, 0) is 54.7 Å². The van der Waals surface area contributed by atoms with Crippen LogP contribution in [0.3, 0.4) is 0 Å². The lowest BCUT2D eigenvalue weighted by molar-refractivity contribution is 0.0697. The lowest BCUT2D eigenvalue weighted by Gasteiger charge is -2.17. The van der Waals surface area contributed by atoms with Gasteiger partial charge in [0.05, 0.1) is 5.56 Å². The quantitative estimate of drug-likeness (QED) is 0.667. The first-order valence-electron chi connectivity index (χ1n) is 9.40. The Morgan fingerprint density at radius 2 is 1.74 bits per heavy atom. The second-order valence-corrected chi connectivity index (χ2v) is 7.20. The number of carboxylic acid groups (broad SMARTS) is 1. The Kier molecular flexibility index (Phi) is 4.75. The third-order valence-electron chi connectivity index (χ3n) is 5.33. The molecule has 1 heterocycles. The van der Waals surface area contributed by atoms with Crippen molar-refractivity contribution in [2.75, 3.05) is 0 Å². The number of carbonyl (C=O) groups is 1. The van der Waals surface area contributed by atoms with E-state index in [4.69, 9.17) is 9.63 Å². The molecule has 138 valence electrons. The van der Waals surface area contributed by atoms with Crippen LogP contribution in [0.4, 0.5) is 0 Å². The lowest BCUT2D eigenvalue weighted by Crippen LogP contribution is -2.04. The third-order valence-corrected chi connectivity index (χ3v) is 5.33. The molecule has 0 atom stereocenters. The fourth-order valence-corrected chi connectivity index (χ4v) is 3.73. The predicted molar refractivity (Wildman–Crippen MR) is 103 cm³/mol. The van der Waals surface area contributed by atoms with Gasteiger partial charge in [-0.3, -0.25) is 0 Å². The van der Waals surface area contributed by atoms with Crippen molar-refractivity contribution >= 4 is 5.97 Å². The Morgan fingerprint density at radius 1 is 1.04 bits per heavy atom. The zero-order valence-electron chi connectivity index (χ0n) is 15.3. The molecule has 2 aromatic carbocycles. The van der Waals surface area contributed by atoms with Crippen LogP contribution in [0.15, 0.2) is 47.0 Å². The Balaban J connectivity index is 1.64. The molecule has 0 radical (unpaired) electrons. The predicted octanol–water partition coefficient (Wildman–Crippen LogP) is 5.46. The average molecular weight is 362 g/mol. The highest BCUT2D eigenvalue weighted by molar-refractivity contribution is 5.88. The van der Waals surface area contributed by atoms with Gasteiger partial charge in [-0.25, -0.2) is 4.79 Å². The summed E-state index contributed by atoms with van der Waals surface area (Å²) in [4.78, 5) is 15.7. The molecule has 4 rings (SSSR count). The first-order chi connectivity index (χ1) is 13.1. The Bertz CT molecular complexity index is 954. The minimum Gasteiger partial charge on any atom is -0.478 e. The van der Waals surface area contributed by atoms with Crippen molar-refractivity contribution in [1.82, 2.24) is 10.1 Å². The van der Waals surface area contributed by atoms with Crippen molar-refractivity contribution < 1.29 is 14.4 Å². The van der Waals surface area contributed by atoms with E-state index in [9.17, 15) is 4.79 Å². The first-order valence-corrected chi connectivity index (χ1v) is 9.40. The van der Waals surface area contributed by atoms with Gasteiger partial charge >= 0.3 is 5.97 Å². The Labute approximate surface area is 158 Å². The van der Waals surface area contributed by atoms with Crippen LogP contribution in [0.1, 0.15) is 59.8 Å². The number of aryl methyl sites for hydroxylation is 1. The summed E-state index contributed by atoms with van der Waals surface area (Å²) in [5.74, 6) is 0.819. The number of aromatic nitrogens is 2. The van der Waals surface area contributed by atoms with Crippen molar-refractivity contribution in [3.8, 4) is 22.5 Å². The summed E-state index contributed by atoms with van der Waals surface area (Å²) in [5.41, 5.74) is 4.30. The largest absolute Gasteiger partial charge is 0.478 e. The van der Waals surface area contributed by atoms with Crippen LogP contribution < -0.4 is 0 Å². The van der Waals surface area contributed by atoms with Gasteiger partial charge in [-0.2, -0.15) is 4.98 Å². The molecule has 0 bridgehead atoms. The number of benzene rings is 2. The SMILES string of the molecule is Cc1ccc(-c2noc(C3CCCCC3)n2)cc1-c1ccc(C(=O)O)cc1. The number of nitrogens with zero attached hydrogens (tertiary/aromatic N) is 2. The van der Waals surface area contributed by atoms with Crippen LogP contribution in [-0.2, 0) is 0 Å². The zero-order valence-corrected chi connectivity index (χ0v) is 15.3. The molecule has 1 aliphatic rings. The minimum absolute atomic E-state index is 0.280. The highest BCUT2D eigenvalue weighted by Gasteiger charge is 2.22. The van der Waals surface area contributed by atoms with Gasteiger partial charge < -0.3 is 9.63 Å². The summed E-state index contributed by atoms with van der Waals surface area (Å²) >= 11 is 0. The fraction of sp³-hybridized carbons (Fsp3) is 0.318. The first kappa shape index (κ1) is 17.5. The molecule has 5 nitrogen and oxygen atoms in total. The van der Waals surface area contributed by atoms with E-state index in [1.165, 1.54) is 19.3 Å². The summed E-state index contributed by atoms with van der Waals surface area (Å²) < 4.78 is 5.55. The molecule has 0 saturated heterocycles. The van der Waals surface area contributed by atoms with Gasteiger partial charge in [0.1, 0.15) is 0 Å². The maximum Gasteiger partial charge on any atom is 0.335 e. The molecule has 3 aromatic rings. The van der Waals surface area contributed by atoms with Crippen LogP contribution in [0.2, 0.25) is 0 Å². The molecule has 0 amide bonds. The molecule has 27 heavy (non-hydrogen) atoms. The number of hydrogen-bond donors (Lipinski definition) is 1. The maximum atomic E-state index is 11.1. The number of carboxylic acids is 1. The second kappa shape index (κ2) is 7.35. The van der Waals surface area contributed by atoms with E-state index in [0.717, 1.165) is 41.0 Å². The van der Waals surface area contributed by atoms with E-state index in [1.807, 2.05) is 37.3 Å². The lowest BCUT2D eigenvalue weighted by atomic mass is 9.89. The maximum absolute atomic E-state index is 11.1. The zero-order chi connectivity index (χ0) is 18.8. The van der Waals surface area contributed by atoms with Crippen molar-refractivity contribution in [2.45, 2.75) is 44.9 Å². The van der Waals surface area contributed by atoms with E-state index in [-0.39, 0.29) is 5.56 Å². The standard InChI is InChI=1S/C22H22N2O3/c1-14-7-8-18(13-19(14)15-9-11-17(12-10-15)22(25)26)20-23-21(27-24-20)16-5-3-2-4-6-16/h7-13,16H,2-6H2,1H3,(H,25,26). The van der Waals surface area contributed by atoms with Crippen LogP contribution in [0, 0.1) is 6.92 Å². The van der Waals surface area contributed by atoms with Gasteiger partial charge in [0.25, 0.3) is 0 Å². The minimum atomic E-state index is -0.922. The number of hydrogen-bond acceptors (Lipinski definition) is 4. The van der Waals surface area contributed by atoms with Crippen LogP contribution in [-0.4, -0.2) is 21.2 Å². The van der Waals surface area contributed by atoms with Gasteiger partial charge in [0.15, 0.2) is 0 Å². The van der Waals surface area contributed by atoms with E-state index in [0.29, 0.717) is 11.7 Å². The molecular weight excluding hydrogens is 340 g/mol. The van der Waals surface area contributed by atoms with Gasteiger partial charge in [-0.15, -0.1) is 0 Å². The smallest absolute Gasteiger partial charge is 0.335 e. The Hall–Kier alpha value is -2.95. The van der Waals surface area contributed by atoms with Crippen LogP contribution in [0.25, 0.3) is 22.5 Å². The summed E-state index contributed by atoms with van der Waals surface area (Å²) in [6.07, 6.45) is 5.99. The van der Waals surface area contributed by atoms with Crippen molar-refractivity contribution in [1.29, 1.82) is 0 Å². The van der Waals surface area contributed by atoms with Crippen molar-refractivity contribution in [3.63, 3.8) is 0 Å². The van der Waals surface area contributed by atoms with Gasteiger partial charge in [-0.1, -0.05) is 48.7 Å². The topological polar surface area (TPSA) is 76.2 Å². The second-order valence-electron chi connectivity index (χ2n) is 7.20. The average Bonchev–Trinajstić information content (AvgIpc) is 3.19. The van der Waals surface area contributed by atoms with Crippen LogP contribution >= 0.6 is 0 Å². The van der Waals surface area contributed by atoms with Gasteiger partial charge in [0, 0.05) is 11.5 Å². The molecule has 1 N–H and O–H groups in total. The van der Waals surface area contributed by atoms with E-state index in [1.54, 1.807) is 12.1 Å². The molecule has 0 unspecified atom stereocenters. The van der Waals surface area contributed by atoms with E-state index < -0.39 is 5.97 Å². The molecule has 1 saturated carbocycles. The third kappa shape index (κ3) is 3.63. The molecular formula is C22H22N2O3. The number of rotatable bonds is 4. The fourth-order valence-electron chi connectivity index (χ4n) is 3.73. The van der Waals surface area contributed by atoms with E-state index in [2.05, 4.69) is 10.1 Å². The molecule has 5 heteroatoms. The van der Waals surface area contributed by atoms with Crippen LogP contribution in [0.5, 0.6) is 0 Å².